The van der Waals surface area contributed by atoms with Crippen molar-refractivity contribution in [1.29, 1.82) is 0 Å². The summed E-state index contributed by atoms with van der Waals surface area (Å²) in [6.07, 6.45) is 0. The number of esters is 1. The molecule has 9 nitrogen and oxygen atoms in total. The molecule has 0 aliphatic carbocycles. The third kappa shape index (κ3) is 5.35. The maximum absolute atomic E-state index is 12.2. The smallest absolute Gasteiger partial charge is 0.342 e. The number of nitro groups is 1. The molecular weight excluding hydrogens is 376 g/mol. The fourth-order valence-electron chi connectivity index (χ4n) is 2.08. The maximum Gasteiger partial charge on any atom is 0.342 e. The van der Waals surface area contributed by atoms with E-state index in [0.717, 1.165) is 10.9 Å². The summed E-state index contributed by atoms with van der Waals surface area (Å²) in [5.41, 5.74) is -0.438. The van der Waals surface area contributed by atoms with Gasteiger partial charge in [-0.3, -0.25) is 19.7 Å². The van der Waals surface area contributed by atoms with Gasteiger partial charge in [0.1, 0.15) is 11.3 Å². The van der Waals surface area contributed by atoms with Crippen LogP contribution in [0.2, 0.25) is 0 Å². The second-order valence-electron chi connectivity index (χ2n) is 5.32. The van der Waals surface area contributed by atoms with Crippen LogP contribution in [0, 0.1) is 10.1 Å². The molecule has 0 aliphatic heterocycles. The van der Waals surface area contributed by atoms with Crippen molar-refractivity contribution in [2.24, 2.45) is 0 Å². The van der Waals surface area contributed by atoms with Crippen LogP contribution in [0.4, 0.5) is 5.69 Å². The maximum atomic E-state index is 12.2. The van der Waals surface area contributed by atoms with Crippen LogP contribution in [-0.4, -0.2) is 36.3 Å². The van der Waals surface area contributed by atoms with Gasteiger partial charge in [-0.15, -0.1) is 11.3 Å². The molecule has 0 bridgehead atoms. The minimum Gasteiger partial charge on any atom is -0.496 e. The van der Waals surface area contributed by atoms with Crippen molar-refractivity contribution in [2.45, 2.75) is 13.5 Å². The van der Waals surface area contributed by atoms with Crippen molar-refractivity contribution in [3.8, 4) is 5.75 Å². The predicted molar refractivity (Wildman–Crippen MR) is 96.1 cm³/mol. The molecule has 0 saturated heterocycles. The van der Waals surface area contributed by atoms with E-state index in [0.29, 0.717) is 11.4 Å². The topological polar surface area (TPSA) is 125 Å². The Morgan fingerprint density at radius 3 is 2.59 bits per heavy atom. The lowest BCUT2D eigenvalue weighted by Gasteiger charge is -2.08. The Kier molecular flexibility index (Phi) is 6.61. The third-order valence-electron chi connectivity index (χ3n) is 3.40. The quantitative estimate of drug-likeness (QED) is 0.316. The first-order chi connectivity index (χ1) is 12.8. The van der Waals surface area contributed by atoms with E-state index in [2.05, 4.69) is 5.32 Å². The molecule has 27 heavy (non-hydrogen) atoms. The summed E-state index contributed by atoms with van der Waals surface area (Å²) < 4.78 is 9.98. The number of thiophene rings is 1. The second-order valence-corrected chi connectivity index (χ2v) is 6.49. The van der Waals surface area contributed by atoms with Crippen molar-refractivity contribution >= 4 is 34.7 Å². The molecule has 1 heterocycles. The Hall–Kier alpha value is -3.27. The highest BCUT2D eigenvalue weighted by Gasteiger charge is 2.20. The van der Waals surface area contributed by atoms with Crippen molar-refractivity contribution in [3.05, 3.63) is 55.8 Å². The highest BCUT2D eigenvalue weighted by molar-refractivity contribution is 7.14. The number of carbonyl (C=O) groups excluding carboxylic acids is 3. The van der Waals surface area contributed by atoms with Gasteiger partial charge in [-0.05, 0) is 18.2 Å². The summed E-state index contributed by atoms with van der Waals surface area (Å²) in [4.78, 5) is 46.6. The van der Waals surface area contributed by atoms with E-state index < -0.39 is 23.3 Å². The largest absolute Gasteiger partial charge is 0.496 e. The van der Waals surface area contributed by atoms with Crippen LogP contribution in [0.1, 0.15) is 31.8 Å². The summed E-state index contributed by atoms with van der Waals surface area (Å²) in [6, 6.07) is 6.78. The SMILES string of the molecule is COc1ccc([N+](=O)[O-])cc1C(=O)OCC(=O)c1ccc(CNC(C)=O)s1. The van der Waals surface area contributed by atoms with Gasteiger partial charge in [0, 0.05) is 23.9 Å². The zero-order valence-corrected chi connectivity index (χ0v) is 15.3. The first-order valence-corrected chi connectivity index (χ1v) is 8.49. The Bertz CT molecular complexity index is 891. The number of ether oxygens (including phenoxy) is 2. The number of non-ortho nitro benzene ring substituents is 1. The van der Waals surface area contributed by atoms with E-state index in [1.165, 1.54) is 37.5 Å². The normalized spacial score (nSPS) is 10.1. The molecule has 0 saturated carbocycles. The van der Waals surface area contributed by atoms with Crippen LogP contribution in [-0.2, 0) is 16.1 Å². The number of Topliss-reactive ketones (excluding diaryl/α,β-unsaturated/α-hetero) is 1. The van der Waals surface area contributed by atoms with Gasteiger partial charge < -0.3 is 14.8 Å². The van der Waals surface area contributed by atoms with Crippen LogP contribution < -0.4 is 10.1 Å². The minimum absolute atomic E-state index is 0.103. The van der Waals surface area contributed by atoms with Crippen molar-refractivity contribution in [1.82, 2.24) is 5.32 Å². The zero-order chi connectivity index (χ0) is 20.0. The Labute approximate surface area is 158 Å². The number of carbonyl (C=O) groups is 3. The number of methoxy groups -OCH3 is 1. The number of rotatable bonds is 8. The second kappa shape index (κ2) is 8.90. The lowest BCUT2D eigenvalue weighted by Crippen LogP contribution is -2.18. The van der Waals surface area contributed by atoms with E-state index in [9.17, 15) is 24.5 Å². The van der Waals surface area contributed by atoms with E-state index >= 15 is 0 Å². The minimum atomic E-state index is -0.904. The van der Waals surface area contributed by atoms with E-state index in [1.807, 2.05) is 0 Å². The number of nitro benzene ring substituents is 1. The first-order valence-electron chi connectivity index (χ1n) is 7.67. The van der Waals surface area contributed by atoms with Gasteiger partial charge >= 0.3 is 5.97 Å². The molecule has 1 aromatic carbocycles. The molecule has 1 amide bonds. The number of hydrogen-bond donors (Lipinski definition) is 1. The fraction of sp³-hybridized carbons (Fsp3) is 0.235. The number of ketones is 1. The lowest BCUT2D eigenvalue weighted by atomic mass is 10.2. The summed E-state index contributed by atoms with van der Waals surface area (Å²) >= 11 is 1.17. The lowest BCUT2D eigenvalue weighted by molar-refractivity contribution is -0.384. The van der Waals surface area contributed by atoms with Crippen LogP contribution in [0.15, 0.2) is 30.3 Å². The number of hydrogen-bond acceptors (Lipinski definition) is 8. The third-order valence-corrected chi connectivity index (χ3v) is 4.52. The van der Waals surface area contributed by atoms with E-state index in [4.69, 9.17) is 9.47 Å². The van der Waals surface area contributed by atoms with Crippen molar-refractivity contribution < 1.29 is 28.8 Å². The molecule has 0 unspecified atom stereocenters. The van der Waals surface area contributed by atoms with Gasteiger partial charge in [-0.25, -0.2) is 4.79 Å². The summed E-state index contributed by atoms with van der Waals surface area (Å²) in [7, 11) is 1.31. The molecule has 2 rings (SSSR count). The molecule has 0 spiro atoms. The molecule has 0 aliphatic rings. The fourth-order valence-corrected chi connectivity index (χ4v) is 2.96. The monoisotopic (exact) mass is 392 g/mol. The van der Waals surface area contributed by atoms with E-state index in [-0.39, 0.29) is 22.9 Å². The number of benzene rings is 1. The standard InChI is InChI=1S/C17H16N2O7S/c1-10(20)18-8-12-4-6-16(27-12)14(21)9-26-17(22)13-7-11(19(23)24)3-5-15(13)25-2/h3-7H,8-9H2,1-2H3,(H,18,20). The summed E-state index contributed by atoms with van der Waals surface area (Å²) in [5, 5.41) is 13.5. The number of amides is 1. The summed E-state index contributed by atoms with van der Waals surface area (Å²) in [6.45, 7) is 1.17. The van der Waals surface area contributed by atoms with Crippen LogP contribution in [0.3, 0.4) is 0 Å². The molecule has 0 atom stereocenters. The Morgan fingerprint density at radius 1 is 1.22 bits per heavy atom. The van der Waals surface area contributed by atoms with Gasteiger partial charge in [-0.1, -0.05) is 0 Å². The Balaban J connectivity index is 2.03. The predicted octanol–water partition coefficient (Wildman–Crippen LogP) is 2.34. The average molecular weight is 392 g/mol. The number of nitrogens with zero attached hydrogens (tertiary/aromatic N) is 1. The van der Waals surface area contributed by atoms with Crippen LogP contribution in [0.25, 0.3) is 0 Å². The van der Waals surface area contributed by atoms with Gasteiger partial charge in [-0.2, -0.15) is 0 Å². The molecule has 2 aromatic rings. The average Bonchev–Trinajstić information content (AvgIpc) is 3.12. The molecule has 0 radical (unpaired) electrons. The molecule has 1 N–H and O–H groups in total. The summed E-state index contributed by atoms with van der Waals surface area (Å²) in [5.74, 6) is -1.41. The highest BCUT2D eigenvalue weighted by Crippen LogP contribution is 2.25. The van der Waals surface area contributed by atoms with Crippen molar-refractivity contribution in [3.63, 3.8) is 0 Å². The van der Waals surface area contributed by atoms with Crippen molar-refractivity contribution in [2.75, 3.05) is 13.7 Å². The van der Waals surface area contributed by atoms with Crippen LogP contribution in [0.5, 0.6) is 5.75 Å². The van der Waals surface area contributed by atoms with Gasteiger partial charge in [0.2, 0.25) is 11.7 Å². The van der Waals surface area contributed by atoms with Gasteiger partial charge in [0.25, 0.3) is 5.69 Å². The molecule has 10 heteroatoms. The number of nitrogens with one attached hydrogen (secondary N) is 1. The molecule has 142 valence electrons. The van der Waals surface area contributed by atoms with Gasteiger partial charge in [0.15, 0.2) is 6.61 Å². The molecule has 0 fully saturated rings. The molecular formula is C17H16N2O7S. The zero-order valence-electron chi connectivity index (χ0n) is 14.5. The molecule has 1 aromatic heterocycles. The van der Waals surface area contributed by atoms with E-state index in [1.54, 1.807) is 12.1 Å². The highest BCUT2D eigenvalue weighted by atomic mass is 32.1. The van der Waals surface area contributed by atoms with Crippen LogP contribution >= 0.6 is 11.3 Å². The van der Waals surface area contributed by atoms with Gasteiger partial charge in [0.05, 0.1) is 23.5 Å². The first kappa shape index (κ1) is 20.0. The Morgan fingerprint density at radius 2 is 1.96 bits per heavy atom.